The zero-order valence-corrected chi connectivity index (χ0v) is 10.6. The molecule has 4 nitrogen and oxygen atoms in total. The van der Waals surface area contributed by atoms with E-state index in [1.807, 2.05) is 4.90 Å². The van der Waals surface area contributed by atoms with Crippen LogP contribution in [0, 0.1) is 0 Å². The Balaban J connectivity index is 1.58. The van der Waals surface area contributed by atoms with Crippen LogP contribution in [0.25, 0.3) is 0 Å². The predicted octanol–water partition coefficient (Wildman–Crippen LogP) is 1.16. The summed E-state index contributed by atoms with van der Waals surface area (Å²) in [4.78, 5) is 13.8. The van der Waals surface area contributed by atoms with Crippen molar-refractivity contribution < 1.29 is 9.53 Å². The van der Waals surface area contributed by atoms with Gasteiger partial charge < -0.3 is 15.0 Å². The first-order valence-corrected chi connectivity index (χ1v) is 6.95. The fourth-order valence-corrected chi connectivity index (χ4v) is 2.59. The Morgan fingerprint density at radius 3 is 2.71 bits per heavy atom. The monoisotopic (exact) mass is 240 g/mol. The number of likely N-dealkylation sites (tertiary alicyclic amines) is 1. The first-order chi connectivity index (χ1) is 8.36. The van der Waals surface area contributed by atoms with Crippen LogP contribution < -0.4 is 5.32 Å². The van der Waals surface area contributed by atoms with E-state index in [9.17, 15) is 4.79 Å². The van der Waals surface area contributed by atoms with Crippen molar-refractivity contribution in [3.8, 4) is 0 Å². The highest BCUT2D eigenvalue weighted by molar-refractivity contribution is 5.77. The third-order valence-corrected chi connectivity index (χ3v) is 3.67. The maximum absolute atomic E-state index is 11.8. The highest BCUT2D eigenvalue weighted by Gasteiger charge is 2.17. The van der Waals surface area contributed by atoms with Crippen molar-refractivity contribution in [3.63, 3.8) is 0 Å². The smallest absolute Gasteiger partial charge is 0.248 e. The third kappa shape index (κ3) is 4.28. The molecule has 0 aromatic carbocycles. The molecule has 1 unspecified atom stereocenters. The zero-order chi connectivity index (χ0) is 11.9. The number of carbonyl (C=O) groups is 1. The Kier molecular flexibility index (Phi) is 5.26. The van der Waals surface area contributed by atoms with Gasteiger partial charge in [0.1, 0.15) is 6.61 Å². The fraction of sp³-hybridized carbons (Fsp3) is 0.923. The highest BCUT2D eigenvalue weighted by Crippen LogP contribution is 2.10. The van der Waals surface area contributed by atoms with E-state index in [1.54, 1.807) is 0 Å². The first kappa shape index (κ1) is 12.8. The summed E-state index contributed by atoms with van der Waals surface area (Å²) in [6.45, 7) is 3.87. The van der Waals surface area contributed by atoms with E-state index < -0.39 is 0 Å². The van der Waals surface area contributed by atoms with Crippen LogP contribution in [0.2, 0.25) is 0 Å². The number of carbonyl (C=O) groups excluding carboxylic acids is 1. The molecule has 2 heterocycles. The minimum absolute atomic E-state index is 0.167. The molecular weight excluding hydrogens is 216 g/mol. The van der Waals surface area contributed by atoms with Crippen LogP contribution in [-0.2, 0) is 9.53 Å². The third-order valence-electron chi connectivity index (χ3n) is 3.67. The molecule has 2 fully saturated rings. The van der Waals surface area contributed by atoms with Crippen molar-refractivity contribution in [2.45, 2.75) is 44.6 Å². The molecule has 4 heteroatoms. The molecule has 0 saturated carbocycles. The van der Waals surface area contributed by atoms with Crippen LogP contribution >= 0.6 is 0 Å². The summed E-state index contributed by atoms with van der Waals surface area (Å²) >= 11 is 0. The van der Waals surface area contributed by atoms with E-state index in [1.165, 1.54) is 25.7 Å². The molecule has 0 spiro atoms. The van der Waals surface area contributed by atoms with E-state index >= 15 is 0 Å². The molecule has 17 heavy (non-hydrogen) atoms. The Bertz CT molecular complexity index is 234. The molecule has 0 aliphatic carbocycles. The number of nitrogens with one attached hydrogen (secondary N) is 1. The maximum Gasteiger partial charge on any atom is 0.248 e. The van der Waals surface area contributed by atoms with E-state index in [-0.39, 0.29) is 12.5 Å². The number of amides is 1. The van der Waals surface area contributed by atoms with Gasteiger partial charge in [0, 0.05) is 19.1 Å². The average Bonchev–Trinajstić information content (AvgIpc) is 2.41. The normalized spacial score (nSPS) is 25.9. The molecule has 2 aliphatic rings. The number of piperidine rings is 2. The summed E-state index contributed by atoms with van der Waals surface area (Å²) < 4.78 is 5.53. The van der Waals surface area contributed by atoms with Gasteiger partial charge in [0.25, 0.3) is 0 Å². The SMILES string of the molecule is O=C(COCC1CCCCN1)N1CCCCC1. The number of hydrogen-bond donors (Lipinski definition) is 1. The van der Waals surface area contributed by atoms with Gasteiger partial charge in [0.2, 0.25) is 5.91 Å². The Labute approximate surface area is 104 Å². The molecule has 1 N–H and O–H groups in total. The molecule has 2 aliphatic heterocycles. The molecule has 0 bridgehead atoms. The molecule has 1 amide bonds. The number of hydrogen-bond acceptors (Lipinski definition) is 3. The van der Waals surface area contributed by atoms with Gasteiger partial charge in [-0.3, -0.25) is 4.79 Å². The number of ether oxygens (including phenoxy) is 1. The van der Waals surface area contributed by atoms with Gasteiger partial charge >= 0.3 is 0 Å². The minimum Gasteiger partial charge on any atom is -0.370 e. The Morgan fingerprint density at radius 2 is 2.00 bits per heavy atom. The van der Waals surface area contributed by atoms with Crippen molar-refractivity contribution >= 4 is 5.91 Å². The average molecular weight is 240 g/mol. The molecular formula is C13H24N2O2. The van der Waals surface area contributed by atoms with Crippen LogP contribution in [0.3, 0.4) is 0 Å². The van der Waals surface area contributed by atoms with Crippen LogP contribution in [-0.4, -0.2) is 49.7 Å². The lowest BCUT2D eigenvalue weighted by atomic mass is 10.1. The minimum atomic E-state index is 0.167. The number of nitrogens with zero attached hydrogens (tertiary/aromatic N) is 1. The summed E-state index contributed by atoms with van der Waals surface area (Å²) in [5, 5.41) is 3.42. The van der Waals surface area contributed by atoms with E-state index in [0.29, 0.717) is 12.6 Å². The Morgan fingerprint density at radius 1 is 1.18 bits per heavy atom. The lowest BCUT2D eigenvalue weighted by molar-refractivity contribution is -0.137. The largest absolute Gasteiger partial charge is 0.370 e. The van der Waals surface area contributed by atoms with Gasteiger partial charge in [-0.2, -0.15) is 0 Å². The maximum atomic E-state index is 11.8. The van der Waals surface area contributed by atoms with Gasteiger partial charge in [0.15, 0.2) is 0 Å². The molecule has 98 valence electrons. The van der Waals surface area contributed by atoms with E-state index in [0.717, 1.165) is 32.5 Å². The van der Waals surface area contributed by atoms with Crippen LogP contribution in [0.5, 0.6) is 0 Å². The number of rotatable bonds is 4. The van der Waals surface area contributed by atoms with Crippen molar-refractivity contribution in [1.82, 2.24) is 10.2 Å². The predicted molar refractivity (Wildman–Crippen MR) is 66.9 cm³/mol. The van der Waals surface area contributed by atoms with Crippen molar-refractivity contribution in [2.24, 2.45) is 0 Å². The van der Waals surface area contributed by atoms with Gasteiger partial charge in [-0.1, -0.05) is 6.42 Å². The summed E-state index contributed by atoms with van der Waals surface area (Å²) in [5.41, 5.74) is 0. The quantitative estimate of drug-likeness (QED) is 0.801. The molecule has 0 aromatic heterocycles. The fourth-order valence-electron chi connectivity index (χ4n) is 2.59. The molecule has 0 radical (unpaired) electrons. The van der Waals surface area contributed by atoms with E-state index in [4.69, 9.17) is 4.74 Å². The van der Waals surface area contributed by atoms with Gasteiger partial charge in [-0.15, -0.1) is 0 Å². The van der Waals surface area contributed by atoms with Crippen LogP contribution in [0.15, 0.2) is 0 Å². The molecule has 2 saturated heterocycles. The second-order valence-electron chi connectivity index (χ2n) is 5.10. The topological polar surface area (TPSA) is 41.6 Å². The van der Waals surface area contributed by atoms with Gasteiger partial charge in [-0.05, 0) is 38.6 Å². The molecule has 0 aromatic rings. The summed E-state index contributed by atoms with van der Waals surface area (Å²) in [6, 6.07) is 0.456. The summed E-state index contributed by atoms with van der Waals surface area (Å²) in [5.74, 6) is 0.167. The van der Waals surface area contributed by atoms with Crippen LogP contribution in [0.1, 0.15) is 38.5 Å². The second kappa shape index (κ2) is 6.97. The standard InChI is InChI=1S/C13H24N2O2/c16-13(15-8-4-1-5-9-15)11-17-10-12-6-2-3-7-14-12/h12,14H,1-11H2. The molecule has 2 rings (SSSR count). The first-order valence-electron chi connectivity index (χ1n) is 6.95. The Hall–Kier alpha value is -0.610. The van der Waals surface area contributed by atoms with E-state index in [2.05, 4.69) is 5.32 Å². The molecule has 1 atom stereocenters. The van der Waals surface area contributed by atoms with Crippen molar-refractivity contribution in [2.75, 3.05) is 32.8 Å². The van der Waals surface area contributed by atoms with Crippen molar-refractivity contribution in [1.29, 1.82) is 0 Å². The second-order valence-corrected chi connectivity index (χ2v) is 5.10. The van der Waals surface area contributed by atoms with Gasteiger partial charge in [0.05, 0.1) is 6.61 Å². The van der Waals surface area contributed by atoms with Crippen LogP contribution in [0.4, 0.5) is 0 Å². The summed E-state index contributed by atoms with van der Waals surface area (Å²) in [7, 11) is 0. The lowest BCUT2D eigenvalue weighted by Crippen LogP contribution is -2.41. The zero-order valence-electron chi connectivity index (χ0n) is 10.6. The lowest BCUT2D eigenvalue weighted by Gasteiger charge is -2.27. The highest BCUT2D eigenvalue weighted by atomic mass is 16.5. The van der Waals surface area contributed by atoms with Crippen molar-refractivity contribution in [3.05, 3.63) is 0 Å². The summed E-state index contributed by atoms with van der Waals surface area (Å²) in [6.07, 6.45) is 7.28. The van der Waals surface area contributed by atoms with Gasteiger partial charge in [-0.25, -0.2) is 0 Å².